The molecule has 1 saturated heterocycles. The number of hydrogen-bond donors (Lipinski definition) is 2. The number of aromatic nitrogens is 3. The molecular formula is C29H32F2N6O. The fraction of sp³-hybridized carbons (Fsp3) is 0.345. The van der Waals surface area contributed by atoms with Crippen LogP contribution in [-0.2, 0) is 17.8 Å². The highest BCUT2D eigenvalue weighted by Crippen LogP contribution is 2.22. The summed E-state index contributed by atoms with van der Waals surface area (Å²) < 4.78 is 29.1. The van der Waals surface area contributed by atoms with Crippen molar-refractivity contribution in [3.8, 4) is 0 Å². The number of pyridine rings is 1. The maximum atomic E-state index is 13.8. The van der Waals surface area contributed by atoms with E-state index >= 15 is 0 Å². The third-order valence-electron chi connectivity index (χ3n) is 6.99. The molecule has 4 aromatic rings. The standard InChI is InChI=1S/C29H32F2N6O/c1-19-17-36(15-14-32-19)23-8-6-22(7-9-23)20(2)34-28(38)12-11-27-35-26-4-3-13-33-29(26)37(27)18-21-5-10-24(30)25(31)16-21/h3-10,13,16,19-20,32H,11-12,14-15,17-18H2,1-2H3,(H,34,38)/t19-,20+/m1/s1. The van der Waals surface area contributed by atoms with Crippen molar-refractivity contribution in [1.29, 1.82) is 0 Å². The van der Waals surface area contributed by atoms with Crippen molar-refractivity contribution in [2.24, 2.45) is 0 Å². The van der Waals surface area contributed by atoms with E-state index < -0.39 is 11.6 Å². The molecule has 38 heavy (non-hydrogen) atoms. The van der Waals surface area contributed by atoms with Crippen LogP contribution in [0.25, 0.3) is 11.2 Å². The van der Waals surface area contributed by atoms with Crippen LogP contribution in [0.5, 0.6) is 0 Å². The van der Waals surface area contributed by atoms with Crippen LogP contribution < -0.4 is 15.5 Å². The number of anilines is 1. The van der Waals surface area contributed by atoms with E-state index in [9.17, 15) is 13.6 Å². The van der Waals surface area contributed by atoms with Gasteiger partial charge in [0.15, 0.2) is 17.3 Å². The highest BCUT2D eigenvalue weighted by molar-refractivity contribution is 5.77. The molecule has 2 atom stereocenters. The van der Waals surface area contributed by atoms with Gasteiger partial charge in [0.1, 0.15) is 11.3 Å². The van der Waals surface area contributed by atoms with E-state index in [2.05, 4.69) is 56.7 Å². The van der Waals surface area contributed by atoms with Gasteiger partial charge in [-0.2, -0.15) is 0 Å². The predicted molar refractivity (Wildman–Crippen MR) is 144 cm³/mol. The number of aryl methyl sites for hydroxylation is 1. The lowest BCUT2D eigenvalue weighted by molar-refractivity contribution is -0.121. The highest BCUT2D eigenvalue weighted by atomic mass is 19.2. The lowest BCUT2D eigenvalue weighted by atomic mass is 10.1. The number of piperazine rings is 1. The summed E-state index contributed by atoms with van der Waals surface area (Å²) >= 11 is 0. The van der Waals surface area contributed by atoms with E-state index in [1.807, 2.05) is 17.6 Å². The number of halogens is 2. The molecule has 0 unspecified atom stereocenters. The molecule has 2 aromatic carbocycles. The maximum absolute atomic E-state index is 13.8. The van der Waals surface area contributed by atoms with Crippen molar-refractivity contribution in [1.82, 2.24) is 25.2 Å². The summed E-state index contributed by atoms with van der Waals surface area (Å²) in [6.45, 7) is 7.36. The Hall–Kier alpha value is -3.85. The number of rotatable bonds is 8. The molecule has 0 spiro atoms. The van der Waals surface area contributed by atoms with E-state index in [1.54, 1.807) is 18.3 Å². The number of imidazole rings is 1. The Kier molecular flexibility index (Phi) is 7.64. The molecule has 1 aliphatic rings. The van der Waals surface area contributed by atoms with Crippen molar-refractivity contribution in [2.75, 3.05) is 24.5 Å². The molecule has 2 N–H and O–H groups in total. The highest BCUT2D eigenvalue weighted by Gasteiger charge is 2.18. The Balaban J connectivity index is 1.23. The summed E-state index contributed by atoms with van der Waals surface area (Å²) in [6, 6.07) is 16.2. The van der Waals surface area contributed by atoms with Gasteiger partial charge in [-0.05, 0) is 61.4 Å². The monoisotopic (exact) mass is 518 g/mol. The second kappa shape index (κ2) is 11.3. The van der Waals surface area contributed by atoms with Crippen molar-refractivity contribution in [3.05, 3.63) is 89.4 Å². The van der Waals surface area contributed by atoms with E-state index in [4.69, 9.17) is 0 Å². The second-order valence-corrected chi connectivity index (χ2v) is 9.89. The molecule has 9 heteroatoms. The van der Waals surface area contributed by atoms with E-state index in [0.717, 1.165) is 31.3 Å². The quantitative estimate of drug-likeness (QED) is 0.363. The summed E-state index contributed by atoms with van der Waals surface area (Å²) in [6.07, 6.45) is 2.29. The Morgan fingerprint density at radius 3 is 2.74 bits per heavy atom. The number of carbonyl (C=O) groups is 1. The fourth-order valence-corrected chi connectivity index (χ4v) is 4.95. The van der Waals surface area contributed by atoms with Gasteiger partial charge in [-0.3, -0.25) is 4.79 Å². The van der Waals surface area contributed by atoms with Crippen LogP contribution >= 0.6 is 0 Å². The number of fused-ring (bicyclic) bond motifs is 1. The molecule has 1 aliphatic heterocycles. The summed E-state index contributed by atoms with van der Waals surface area (Å²) in [7, 11) is 0. The number of nitrogens with one attached hydrogen (secondary N) is 2. The summed E-state index contributed by atoms with van der Waals surface area (Å²) in [5.41, 5.74) is 4.15. The van der Waals surface area contributed by atoms with Gasteiger partial charge in [0.05, 0.1) is 12.6 Å². The van der Waals surface area contributed by atoms with Gasteiger partial charge in [-0.25, -0.2) is 18.7 Å². The topological polar surface area (TPSA) is 75.1 Å². The number of benzene rings is 2. The first kappa shape index (κ1) is 25.8. The van der Waals surface area contributed by atoms with Gasteiger partial charge in [-0.1, -0.05) is 18.2 Å². The largest absolute Gasteiger partial charge is 0.369 e. The molecule has 7 nitrogen and oxygen atoms in total. The predicted octanol–water partition coefficient (Wildman–Crippen LogP) is 4.37. The van der Waals surface area contributed by atoms with Gasteiger partial charge in [-0.15, -0.1) is 0 Å². The van der Waals surface area contributed by atoms with Crippen LogP contribution in [-0.4, -0.2) is 46.1 Å². The van der Waals surface area contributed by atoms with Gasteiger partial charge >= 0.3 is 0 Å². The normalized spacial score (nSPS) is 16.5. The number of nitrogens with zero attached hydrogens (tertiary/aromatic N) is 4. The number of hydrogen-bond acceptors (Lipinski definition) is 5. The molecule has 3 heterocycles. The van der Waals surface area contributed by atoms with Crippen molar-refractivity contribution in [2.45, 2.75) is 45.3 Å². The molecule has 1 amide bonds. The van der Waals surface area contributed by atoms with Crippen LogP contribution in [0.1, 0.15) is 43.3 Å². The van der Waals surface area contributed by atoms with Gasteiger partial charge in [0.25, 0.3) is 0 Å². The lowest BCUT2D eigenvalue weighted by Crippen LogP contribution is -2.49. The smallest absolute Gasteiger partial charge is 0.220 e. The first-order chi connectivity index (χ1) is 18.4. The molecule has 1 fully saturated rings. The molecule has 198 valence electrons. The molecular weight excluding hydrogens is 486 g/mol. The zero-order valence-electron chi connectivity index (χ0n) is 21.6. The molecule has 0 saturated carbocycles. The molecule has 0 radical (unpaired) electrons. The van der Waals surface area contributed by atoms with E-state index in [0.29, 0.717) is 35.0 Å². The van der Waals surface area contributed by atoms with Gasteiger partial charge in [0.2, 0.25) is 5.91 Å². The third-order valence-corrected chi connectivity index (χ3v) is 6.99. The average Bonchev–Trinajstić information content (AvgIpc) is 3.27. The molecule has 5 rings (SSSR count). The lowest BCUT2D eigenvalue weighted by Gasteiger charge is -2.33. The first-order valence-electron chi connectivity index (χ1n) is 13.0. The van der Waals surface area contributed by atoms with E-state index in [1.165, 1.54) is 11.8 Å². The Morgan fingerprint density at radius 2 is 1.97 bits per heavy atom. The van der Waals surface area contributed by atoms with Gasteiger partial charge in [0, 0.05) is 50.4 Å². The molecule has 0 aliphatic carbocycles. The SMILES string of the molecule is C[C@@H]1CN(c2ccc([C@H](C)NC(=O)CCc3nc4cccnc4n3Cc3ccc(F)c(F)c3)cc2)CCN1. The number of carbonyl (C=O) groups excluding carboxylic acids is 1. The van der Waals surface area contributed by atoms with Crippen LogP contribution in [0.3, 0.4) is 0 Å². The average molecular weight is 519 g/mol. The zero-order chi connectivity index (χ0) is 26.6. The van der Waals surface area contributed by atoms with Crippen molar-refractivity contribution >= 4 is 22.8 Å². The minimum atomic E-state index is -0.898. The summed E-state index contributed by atoms with van der Waals surface area (Å²) in [5, 5.41) is 6.54. The minimum absolute atomic E-state index is 0.0862. The summed E-state index contributed by atoms with van der Waals surface area (Å²) in [5.74, 6) is -1.20. The van der Waals surface area contributed by atoms with Crippen molar-refractivity contribution < 1.29 is 13.6 Å². The second-order valence-electron chi connectivity index (χ2n) is 9.89. The summed E-state index contributed by atoms with van der Waals surface area (Å²) in [4.78, 5) is 24.3. The minimum Gasteiger partial charge on any atom is -0.369 e. The Labute approximate surface area is 220 Å². The van der Waals surface area contributed by atoms with Crippen LogP contribution in [0.2, 0.25) is 0 Å². The molecule has 2 aromatic heterocycles. The van der Waals surface area contributed by atoms with E-state index in [-0.39, 0.29) is 24.9 Å². The van der Waals surface area contributed by atoms with Gasteiger partial charge < -0.3 is 20.1 Å². The van der Waals surface area contributed by atoms with Crippen LogP contribution in [0.4, 0.5) is 14.5 Å². The first-order valence-corrected chi connectivity index (χ1v) is 13.0. The number of amides is 1. The zero-order valence-corrected chi connectivity index (χ0v) is 21.6. The maximum Gasteiger partial charge on any atom is 0.220 e. The third kappa shape index (κ3) is 5.83. The Bertz CT molecular complexity index is 1420. The molecule has 0 bridgehead atoms. The fourth-order valence-electron chi connectivity index (χ4n) is 4.95. The van der Waals surface area contributed by atoms with Crippen LogP contribution in [0.15, 0.2) is 60.8 Å². The van der Waals surface area contributed by atoms with Crippen molar-refractivity contribution in [3.63, 3.8) is 0 Å². The van der Waals surface area contributed by atoms with Crippen LogP contribution in [0, 0.1) is 11.6 Å². The Morgan fingerprint density at radius 1 is 1.16 bits per heavy atom.